The fourth-order valence-electron chi connectivity index (χ4n) is 0.952. The second-order valence-corrected chi connectivity index (χ2v) is 5.18. The molecule has 2 N–H and O–H groups in total. The van der Waals surface area contributed by atoms with E-state index in [-0.39, 0.29) is 10.8 Å². The van der Waals surface area contributed by atoms with Crippen LogP contribution in [-0.2, 0) is 14.9 Å². The lowest BCUT2D eigenvalue weighted by Gasteiger charge is -2.06. The summed E-state index contributed by atoms with van der Waals surface area (Å²) in [4.78, 5) is 11.0. The van der Waals surface area contributed by atoms with Gasteiger partial charge in [-0.3, -0.25) is 9.35 Å². The minimum absolute atomic E-state index is 0.232. The van der Waals surface area contributed by atoms with E-state index in [1.54, 1.807) is 0 Å². The van der Waals surface area contributed by atoms with Crippen LogP contribution in [0.25, 0.3) is 0 Å². The van der Waals surface area contributed by atoms with Gasteiger partial charge in [-0.15, -0.1) is 11.6 Å². The number of rotatable bonds is 3. The number of benzene rings is 1. The summed E-state index contributed by atoms with van der Waals surface area (Å²) in [6, 6.07) is 5.09. The summed E-state index contributed by atoms with van der Waals surface area (Å²) in [7, 11) is -4.20. The van der Waals surface area contributed by atoms with E-state index < -0.39 is 15.5 Å². The predicted molar refractivity (Wildman–Crippen MR) is 60.2 cm³/mol. The first kappa shape index (κ1) is 13.0. The molecule has 0 bridgehead atoms. The molecule has 88 valence electrons. The maximum atomic E-state index is 11.2. The Morgan fingerprint density at radius 1 is 1.38 bits per heavy atom. The largest absolute Gasteiger partial charge is 0.325 e. The van der Waals surface area contributed by atoms with Crippen molar-refractivity contribution in [2.24, 2.45) is 0 Å². The quantitative estimate of drug-likeness (QED) is 0.639. The van der Waals surface area contributed by atoms with Gasteiger partial charge in [-0.2, -0.15) is 8.42 Å². The molecule has 0 saturated carbocycles. The van der Waals surface area contributed by atoms with E-state index in [4.69, 9.17) is 16.2 Å². The second-order valence-electron chi connectivity index (χ2n) is 3.10. The van der Waals surface area contributed by atoms with E-state index in [1.165, 1.54) is 31.2 Å². The van der Waals surface area contributed by atoms with E-state index in [9.17, 15) is 13.2 Å². The van der Waals surface area contributed by atoms with Gasteiger partial charge in [0.15, 0.2) is 0 Å². The number of carbonyl (C=O) groups is 1. The molecule has 0 spiro atoms. The number of hydrogen-bond acceptors (Lipinski definition) is 3. The predicted octanol–water partition coefficient (Wildman–Crippen LogP) is 1.50. The Labute approximate surface area is 98.2 Å². The van der Waals surface area contributed by atoms with Gasteiger partial charge in [0.2, 0.25) is 5.91 Å². The van der Waals surface area contributed by atoms with Gasteiger partial charge >= 0.3 is 0 Å². The van der Waals surface area contributed by atoms with Gasteiger partial charge < -0.3 is 5.32 Å². The number of halogens is 1. The van der Waals surface area contributed by atoms with Crippen LogP contribution in [0.1, 0.15) is 6.92 Å². The zero-order valence-electron chi connectivity index (χ0n) is 8.34. The van der Waals surface area contributed by atoms with E-state index >= 15 is 0 Å². The number of carbonyl (C=O) groups excluding carboxylic acids is 1. The molecule has 0 aliphatic rings. The number of hydrogen-bond donors (Lipinski definition) is 2. The zero-order valence-corrected chi connectivity index (χ0v) is 9.92. The highest BCUT2D eigenvalue weighted by Crippen LogP contribution is 2.14. The van der Waals surface area contributed by atoms with Crippen molar-refractivity contribution in [1.82, 2.24) is 0 Å². The standard InChI is InChI=1S/C9H10ClNO4S/c1-6(10)9(12)11-7-2-4-8(5-3-7)16(13,14)15/h2-6H,1H3,(H,11,12)(H,13,14,15). The van der Waals surface area contributed by atoms with Crippen LogP contribution in [0.4, 0.5) is 5.69 Å². The average molecular weight is 264 g/mol. The van der Waals surface area contributed by atoms with Crippen molar-refractivity contribution >= 4 is 33.3 Å². The summed E-state index contributed by atoms with van der Waals surface area (Å²) < 4.78 is 30.2. The van der Waals surface area contributed by atoms with Gasteiger partial charge in [-0.25, -0.2) is 0 Å². The normalized spacial score (nSPS) is 13.2. The molecule has 0 fully saturated rings. The molecule has 5 nitrogen and oxygen atoms in total. The van der Waals surface area contributed by atoms with Crippen LogP contribution in [-0.4, -0.2) is 24.3 Å². The molecule has 1 atom stereocenters. The molecule has 1 aromatic carbocycles. The molecule has 0 heterocycles. The van der Waals surface area contributed by atoms with Crippen molar-refractivity contribution in [1.29, 1.82) is 0 Å². The second kappa shape index (κ2) is 4.82. The van der Waals surface area contributed by atoms with E-state index in [1.807, 2.05) is 0 Å². The topological polar surface area (TPSA) is 83.5 Å². The summed E-state index contributed by atoms with van der Waals surface area (Å²) in [6.07, 6.45) is 0. The van der Waals surface area contributed by atoms with Crippen LogP contribution >= 0.6 is 11.6 Å². The molecule has 7 heteroatoms. The van der Waals surface area contributed by atoms with Crippen LogP contribution in [0.2, 0.25) is 0 Å². The van der Waals surface area contributed by atoms with Crippen molar-refractivity contribution < 1.29 is 17.8 Å². The van der Waals surface area contributed by atoms with Crippen molar-refractivity contribution in [3.05, 3.63) is 24.3 Å². The molecule has 0 aliphatic carbocycles. The van der Waals surface area contributed by atoms with Gasteiger partial charge in [0, 0.05) is 5.69 Å². The van der Waals surface area contributed by atoms with Gasteiger partial charge in [0.25, 0.3) is 10.1 Å². The SMILES string of the molecule is CC(Cl)C(=O)Nc1ccc(S(=O)(=O)O)cc1. The monoisotopic (exact) mass is 263 g/mol. The maximum Gasteiger partial charge on any atom is 0.294 e. The Hall–Kier alpha value is -1.11. The van der Waals surface area contributed by atoms with Crippen molar-refractivity contribution in [2.75, 3.05) is 5.32 Å². The Morgan fingerprint density at radius 3 is 2.25 bits per heavy atom. The van der Waals surface area contributed by atoms with Crippen molar-refractivity contribution in [3.63, 3.8) is 0 Å². The Balaban J connectivity index is 2.84. The van der Waals surface area contributed by atoms with Gasteiger partial charge in [-0.1, -0.05) is 0 Å². The summed E-state index contributed by atoms with van der Waals surface area (Å²) in [6.45, 7) is 1.52. The van der Waals surface area contributed by atoms with Crippen molar-refractivity contribution in [2.45, 2.75) is 17.2 Å². The first-order valence-corrected chi connectivity index (χ1v) is 6.21. The lowest BCUT2D eigenvalue weighted by molar-refractivity contribution is -0.115. The van der Waals surface area contributed by atoms with Crippen LogP contribution < -0.4 is 5.32 Å². The minimum atomic E-state index is -4.20. The summed E-state index contributed by atoms with van der Waals surface area (Å²) in [5, 5.41) is 1.79. The van der Waals surface area contributed by atoms with Gasteiger partial charge in [0.1, 0.15) is 5.38 Å². The molecule has 1 amide bonds. The van der Waals surface area contributed by atoms with Crippen LogP contribution in [0.3, 0.4) is 0 Å². The van der Waals surface area contributed by atoms with Crippen LogP contribution in [0.5, 0.6) is 0 Å². The van der Waals surface area contributed by atoms with Crippen LogP contribution in [0, 0.1) is 0 Å². The fraction of sp³-hybridized carbons (Fsp3) is 0.222. The first-order chi connectivity index (χ1) is 7.30. The van der Waals surface area contributed by atoms with E-state index in [2.05, 4.69) is 5.32 Å². The molecular weight excluding hydrogens is 254 g/mol. The lowest BCUT2D eigenvalue weighted by atomic mass is 10.3. The molecule has 0 aromatic heterocycles. The Kier molecular flexibility index (Phi) is 3.90. The van der Waals surface area contributed by atoms with E-state index in [0.717, 1.165) is 0 Å². The van der Waals surface area contributed by atoms with Crippen molar-refractivity contribution in [3.8, 4) is 0 Å². The molecule has 1 rings (SSSR count). The number of anilines is 1. The molecule has 0 radical (unpaired) electrons. The third-order valence-corrected chi connectivity index (χ3v) is 2.85. The van der Waals surface area contributed by atoms with E-state index in [0.29, 0.717) is 5.69 Å². The fourth-order valence-corrected chi connectivity index (χ4v) is 1.49. The summed E-state index contributed by atoms with van der Waals surface area (Å²) in [5.41, 5.74) is 0.407. The molecule has 1 aromatic rings. The highest BCUT2D eigenvalue weighted by molar-refractivity contribution is 7.85. The Morgan fingerprint density at radius 2 is 1.88 bits per heavy atom. The van der Waals surface area contributed by atoms with Gasteiger partial charge in [0.05, 0.1) is 4.90 Å². The Bertz CT molecular complexity index is 481. The molecule has 0 aliphatic heterocycles. The van der Waals surface area contributed by atoms with Gasteiger partial charge in [-0.05, 0) is 31.2 Å². The average Bonchev–Trinajstić information content (AvgIpc) is 2.17. The zero-order chi connectivity index (χ0) is 12.3. The molecule has 1 unspecified atom stereocenters. The molecule has 16 heavy (non-hydrogen) atoms. The smallest absolute Gasteiger partial charge is 0.294 e. The molecular formula is C9H10ClNO4S. The number of amides is 1. The third-order valence-electron chi connectivity index (χ3n) is 1.78. The third kappa shape index (κ3) is 3.48. The summed E-state index contributed by atoms with van der Waals surface area (Å²) >= 11 is 5.53. The lowest BCUT2D eigenvalue weighted by Crippen LogP contribution is -2.20. The maximum absolute atomic E-state index is 11.2. The van der Waals surface area contributed by atoms with Crippen LogP contribution in [0.15, 0.2) is 29.2 Å². The first-order valence-electron chi connectivity index (χ1n) is 4.33. The highest BCUT2D eigenvalue weighted by Gasteiger charge is 2.11. The minimum Gasteiger partial charge on any atom is -0.325 e. The number of alkyl halides is 1. The molecule has 0 saturated heterocycles. The number of nitrogens with one attached hydrogen (secondary N) is 1. The summed E-state index contributed by atoms with van der Waals surface area (Å²) in [5.74, 6) is -0.388. The highest BCUT2D eigenvalue weighted by atomic mass is 35.5.